The summed E-state index contributed by atoms with van der Waals surface area (Å²) in [6, 6.07) is 12.3. The average Bonchev–Trinajstić information content (AvgIpc) is 3.58. The zero-order valence-electron chi connectivity index (χ0n) is 25.3. The molecule has 220 valence electrons. The number of carbonyl (C=O) groups excluding carboxylic acids is 1. The molecule has 41 heavy (non-hydrogen) atoms. The van der Waals surface area contributed by atoms with E-state index in [0.717, 1.165) is 83.6 Å². The lowest BCUT2D eigenvalue weighted by molar-refractivity contribution is -0.139. The van der Waals surface area contributed by atoms with E-state index in [2.05, 4.69) is 54.6 Å². The fourth-order valence-corrected chi connectivity index (χ4v) is 6.15. The van der Waals surface area contributed by atoms with Crippen LogP contribution in [0.3, 0.4) is 0 Å². The number of nitrogens with one attached hydrogen (secondary N) is 1. The number of aromatic nitrogens is 1. The number of aryl methyl sites for hydroxylation is 1. The SMILES string of the molecule is C=C(CCCC)N(Cc1ccc(-c2cc(OC)c(OC)cc2SNc2noc(C)c2C)cc1)C(=O)C1(C)CCCC1. The molecular formula is C33H43N3O4S. The van der Waals surface area contributed by atoms with Crippen molar-refractivity contribution in [3.8, 4) is 22.6 Å². The minimum atomic E-state index is -0.297. The Kier molecular flexibility index (Phi) is 10.1. The molecule has 3 aromatic rings. The van der Waals surface area contributed by atoms with E-state index < -0.39 is 0 Å². The summed E-state index contributed by atoms with van der Waals surface area (Å²) in [6.45, 7) is 13.0. The molecule has 1 fully saturated rings. The Labute approximate surface area is 248 Å². The van der Waals surface area contributed by atoms with Gasteiger partial charge in [0.05, 0.1) is 20.8 Å². The van der Waals surface area contributed by atoms with Crippen LogP contribution in [0.5, 0.6) is 11.5 Å². The Morgan fingerprint density at radius 1 is 1.12 bits per heavy atom. The van der Waals surface area contributed by atoms with Crippen molar-refractivity contribution in [2.45, 2.75) is 84.1 Å². The van der Waals surface area contributed by atoms with Crippen molar-refractivity contribution in [1.82, 2.24) is 10.1 Å². The molecule has 7 nitrogen and oxygen atoms in total. The minimum Gasteiger partial charge on any atom is -0.493 e. The molecule has 1 heterocycles. The maximum absolute atomic E-state index is 13.8. The molecular weight excluding hydrogens is 534 g/mol. The molecule has 0 spiro atoms. The Hall–Kier alpha value is -3.39. The van der Waals surface area contributed by atoms with Crippen molar-refractivity contribution in [2.75, 3.05) is 18.9 Å². The van der Waals surface area contributed by atoms with E-state index >= 15 is 0 Å². The summed E-state index contributed by atoms with van der Waals surface area (Å²) in [5.41, 5.74) is 4.67. The second-order valence-corrected chi connectivity index (χ2v) is 12.0. The number of rotatable bonds is 13. The molecule has 1 aliphatic rings. The summed E-state index contributed by atoms with van der Waals surface area (Å²) < 4.78 is 19.8. The third kappa shape index (κ3) is 6.92. The van der Waals surface area contributed by atoms with Crippen LogP contribution in [0.2, 0.25) is 0 Å². The fraction of sp³-hybridized carbons (Fsp3) is 0.455. The molecule has 1 aromatic heterocycles. The van der Waals surface area contributed by atoms with E-state index in [1.165, 1.54) is 11.9 Å². The molecule has 1 saturated carbocycles. The van der Waals surface area contributed by atoms with Gasteiger partial charge in [-0.2, -0.15) is 0 Å². The Balaban J connectivity index is 1.61. The quantitative estimate of drug-likeness (QED) is 0.204. The lowest BCUT2D eigenvalue weighted by Crippen LogP contribution is -2.40. The molecule has 1 aliphatic carbocycles. The van der Waals surface area contributed by atoms with Crippen LogP contribution in [0.4, 0.5) is 5.82 Å². The fourth-order valence-electron chi connectivity index (χ4n) is 5.30. The number of allylic oxidation sites excluding steroid dienone is 1. The van der Waals surface area contributed by atoms with Crippen molar-refractivity contribution in [3.05, 3.63) is 65.6 Å². The van der Waals surface area contributed by atoms with Gasteiger partial charge < -0.3 is 23.6 Å². The van der Waals surface area contributed by atoms with Gasteiger partial charge in [0.1, 0.15) is 5.76 Å². The summed E-state index contributed by atoms with van der Waals surface area (Å²) >= 11 is 1.44. The number of benzene rings is 2. The second-order valence-electron chi connectivity index (χ2n) is 11.1. The number of methoxy groups -OCH3 is 2. The summed E-state index contributed by atoms with van der Waals surface area (Å²) in [6.07, 6.45) is 7.06. The Morgan fingerprint density at radius 3 is 2.37 bits per heavy atom. The van der Waals surface area contributed by atoms with E-state index in [1.807, 2.05) is 30.9 Å². The van der Waals surface area contributed by atoms with Crippen LogP contribution >= 0.6 is 11.9 Å². The lowest BCUT2D eigenvalue weighted by atomic mass is 9.86. The predicted octanol–water partition coefficient (Wildman–Crippen LogP) is 8.71. The topological polar surface area (TPSA) is 76.8 Å². The maximum atomic E-state index is 13.8. The first-order valence-electron chi connectivity index (χ1n) is 14.4. The first-order chi connectivity index (χ1) is 19.7. The molecule has 0 saturated heterocycles. The number of unbranched alkanes of at least 4 members (excludes halogenated alkanes) is 1. The summed E-state index contributed by atoms with van der Waals surface area (Å²) in [4.78, 5) is 16.7. The number of anilines is 1. The Bertz CT molecular complexity index is 1360. The number of ether oxygens (including phenoxy) is 2. The summed E-state index contributed by atoms with van der Waals surface area (Å²) in [5.74, 6) is 2.97. The van der Waals surface area contributed by atoms with Crippen LogP contribution in [-0.2, 0) is 11.3 Å². The lowest BCUT2D eigenvalue weighted by Gasteiger charge is -2.33. The molecule has 0 aliphatic heterocycles. The maximum Gasteiger partial charge on any atom is 0.232 e. The normalized spacial score (nSPS) is 14.1. The van der Waals surface area contributed by atoms with Gasteiger partial charge in [-0.25, -0.2) is 0 Å². The molecule has 4 rings (SSSR count). The van der Waals surface area contributed by atoms with Crippen LogP contribution in [0.1, 0.15) is 75.7 Å². The van der Waals surface area contributed by atoms with Crippen LogP contribution in [0, 0.1) is 19.3 Å². The second kappa shape index (κ2) is 13.5. The predicted molar refractivity (Wildman–Crippen MR) is 166 cm³/mol. The highest BCUT2D eigenvalue weighted by atomic mass is 32.2. The van der Waals surface area contributed by atoms with E-state index in [1.54, 1.807) is 14.2 Å². The number of hydrogen-bond donors (Lipinski definition) is 1. The van der Waals surface area contributed by atoms with E-state index in [-0.39, 0.29) is 11.3 Å². The first kappa shape index (κ1) is 30.6. The van der Waals surface area contributed by atoms with Gasteiger partial charge >= 0.3 is 0 Å². The smallest absolute Gasteiger partial charge is 0.232 e. The van der Waals surface area contributed by atoms with Crippen molar-refractivity contribution in [2.24, 2.45) is 5.41 Å². The van der Waals surface area contributed by atoms with Crippen molar-refractivity contribution < 1.29 is 18.8 Å². The third-order valence-electron chi connectivity index (χ3n) is 8.18. The van der Waals surface area contributed by atoms with Crippen LogP contribution in [-0.4, -0.2) is 30.2 Å². The standard InChI is InChI=1S/C33H43N3O4S/c1-8-9-12-22(2)36(32(37)33(5)17-10-11-18-33)21-25-13-15-26(16-14-25)27-19-28(38-6)29(39-7)20-30(27)41-35-31-23(3)24(4)40-34-31/h13-16,19-20H,2,8-12,17-18,21H2,1,3-7H3,(H,34,35). The van der Waals surface area contributed by atoms with Crippen molar-refractivity contribution in [3.63, 3.8) is 0 Å². The summed E-state index contributed by atoms with van der Waals surface area (Å²) in [7, 11) is 3.27. The summed E-state index contributed by atoms with van der Waals surface area (Å²) in [5, 5.41) is 4.13. The number of amides is 1. The molecule has 0 bridgehead atoms. The van der Waals surface area contributed by atoms with E-state index in [9.17, 15) is 4.79 Å². The van der Waals surface area contributed by atoms with Crippen molar-refractivity contribution in [1.29, 1.82) is 0 Å². The molecule has 1 amide bonds. The van der Waals surface area contributed by atoms with Crippen LogP contribution in [0.25, 0.3) is 11.1 Å². The van der Waals surface area contributed by atoms with Crippen LogP contribution < -0.4 is 14.2 Å². The average molecular weight is 578 g/mol. The number of carbonyl (C=O) groups is 1. The molecule has 0 unspecified atom stereocenters. The van der Waals surface area contributed by atoms with Gasteiger partial charge in [0.25, 0.3) is 0 Å². The minimum absolute atomic E-state index is 0.211. The van der Waals surface area contributed by atoms with Gasteiger partial charge in [0, 0.05) is 27.1 Å². The van der Waals surface area contributed by atoms with Gasteiger partial charge in [-0.3, -0.25) is 4.79 Å². The number of nitrogens with zero attached hydrogens (tertiary/aromatic N) is 2. The van der Waals surface area contributed by atoms with Gasteiger partial charge in [0.2, 0.25) is 5.91 Å². The van der Waals surface area contributed by atoms with Gasteiger partial charge in [0.15, 0.2) is 17.3 Å². The highest BCUT2D eigenvalue weighted by Crippen LogP contribution is 2.42. The highest BCUT2D eigenvalue weighted by Gasteiger charge is 2.39. The van der Waals surface area contributed by atoms with Gasteiger partial charge in [-0.15, -0.1) is 0 Å². The molecule has 0 radical (unpaired) electrons. The number of hydrogen-bond acceptors (Lipinski definition) is 7. The monoisotopic (exact) mass is 577 g/mol. The highest BCUT2D eigenvalue weighted by molar-refractivity contribution is 8.00. The van der Waals surface area contributed by atoms with Gasteiger partial charge in [-0.05, 0) is 74.7 Å². The van der Waals surface area contributed by atoms with Crippen molar-refractivity contribution >= 4 is 23.7 Å². The van der Waals surface area contributed by atoms with Gasteiger partial charge in [-0.1, -0.05) is 69.1 Å². The Morgan fingerprint density at radius 2 is 1.78 bits per heavy atom. The van der Waals surface area contributed by atoms with E-state index in [4.69, 9.17) is 14.0 Å². The third-order valence-corrected chi connectivity index (χ3v) is 9.03. The molecule has 8 heteroatoms. The van der Waals surface area contributed by atoms with E-state index in [0.29, 0.717) is 23.9 Å². The first-order valence-corrected chi connectivity index (χ1v) is 15.2. The zero-order valence-corrected chi connectivity index (χ0v) is 26.1. The molecule has 2 aromatic carbocycles. The van der Waals surface area contributed by atoms with Crippen LogP contribution in [0.15, 0.2) is 58.1 Å². The molecule has 1 N–H and O–H groups in total. The zero-order chi connectivity index (χ0) is 29.6. The molecule has 0 atom stereocenters. The largest absolute Gasteiger partial charge is 0.493 e.